The summed E-state index contributed by atoms with van der Waals surface area (Å²) in [5, 5.41) is 0. The van der Waals surface area contributed by atoms with Crippen LogP contribution in [0.2, 0.25) is 0 Å². The maximum atomic E-state index is 6.45. The number of ether oxygens (including phenoxy) is 3. The molecule has 30 heavy (non-hydrogen) atoms. The molecule has 0 bridgehead atoms. The van der Waals surface area contributed by atoms with Crippen molar-refractivity contribution in [3.8, 4) is 51.0 Å². The van der Waals surface area contributed by atoms with E-state index in [1.54, 1.807) is 21.3 Å². The first-order chi connectivity index (χ1) is 14.7. The second-order valence-corrected chi connectivity index (χ2v) is 6.68. The van der Waals surface area contributed by atoms with Crippen molar-refractivity contribution in [2.24, 2.45) is 0 Å². The molecule has 0 spiro atoms. The molecule has 0 saturated carbocycles. The van der Waals surface area contributed by atoms with Crippen molar-refractivity contribution < 1.29 is 18.6 Å². The van der Waals surface area contributed by atoms with Gasteiger partial charge in [-0.1, -0.05) is 36.4 Å². The van der Waals surface area contributed by atoms with E-state index in [1.165, 1.54) is 0 Å². The Morgan fingerprint density at radius 2 is 1.17 bits per heavy atom. The Morgan fingerprint density at radius 1 is 0.600 bits per heavy atom. The number of benzene rings is 3. The second kappa shape index (κ2) is 8.70. The third-order valence-corrected chi connectivity index (χ3v) is 4.94. The number of hydrogen-bond acceptors (Lipinski definition) is 3. The molecule has 0 fully saturated rings. The minimum absolute atomic E-state index is 0.644. The van der Waals surface area contributed by atoms with Gasteiger partial charge in [0.2, 0.25) is 0 Å². The molecule has 0 aliphatic rings. The molecule has 0 aliphatic carbocycles. The van der Waals surface area contributed by atoms with Crippen LogP contribution in [0.3, 0.4) is 0 Å². The molecule has 0 N–H and O–H groups in total. The number of rotatable bonds is 6. The van der Waals surface area contributed by atoms with E-state index in [0.29, 0.717) is 17.2 Å². The smallest absolute Gasteiger partial charge is 0.368 e. The Labute approximate surface area is 176 Å². The maximum absolute atomic E-state index is 6.45. The summed E-state index contributed by atoms with van der Waals surface area (Å²) in [7, 11) is 4.89. The van der Waals surface area contributed by atoms with Gasteiger partial charge in [-0.05, 0) is 30.3 Å². The van der Waals surface area contributed by atoms with Gasteiger partial charge in [0.05, 0.1) is 43.6 Å². The van der Waals surface area contributed by atoms with Crippen molar-refractivity contribution in [3.05, 3.63) is 84.9 Å². The fourth-order valence-corrected chi connectivity index (χ4v) is 3.46. The maximum Gasteiger partial charge on any atom is 0.368 e. The summed E-state index contributed by atoms with van der Waals surface area (Å²) in [6.45, 7) is 0. The van der Waals surface area contributed by atoms with Crippen LogP contribution in [0.25, 0.3) is 33.8 Å². The summed E-state index contributed by atoms with van der Waals surface area (Å²) in [4.78, 5) is 0. The van der Waals surface area contributed by atoms with Crippen LogP contribution in [0, 0.1) is 0 Å². The van der Waals surface area contributed by atoms with Crippen molar-refractivity contribution in [2.45, 2.75) is 0 Å². The van der Waals surface area contributed by atoms with Gasteiger partial charge in [-0.15, -0.1) is 0 Å². The monoisotopic (exact) mass is 399 g/mol. The van der Waals surface area contributed by atoms with E-state index >= 15 is 0 Å². The zero-order valence-electron chi connectivity index (χ0n) is 17.2. The minimum atomic E-state index is 0.644. The first-order valence-electron chi connectivity index (χ1n) is 9.63. The summed E-state index contributed by atoms with van der Waals surface area (Å²) in [6, 6.07) is 27.8. The Balaban J connectivity index is 1.99. The topological polar surface area (TPSA) is 39.0 Å². The lowest BCUT2D eigenvalue weighted by molar-refractivity contribution is 0.377. The van der Waals surface area contributed by atoms with Crippen LogP contribution in [0.15, 0.2) is 89.3 Å². The van der Waals surface area contributed by atoms with Gasteiger partial charge < -0.3 is 14.2 Å². The van der Waals surface area contributed by atoms with Gasteiger partial charge >= 0.3 is 11.5 Å². The largest absolute Gasteiger partial charge is 0.496 e. The van der Waals surface area contributed by atoms with Crippen molar-refractivity contribution in [1.29, 1.82) is 0 Å². The van der Waals surface area contributed by atoms with Crippen LogP contribution in [-0.4, -0.2) is 21.3 Å². The molecule has 4 heteroatoms. The third-order valence-electron chi connectivity index (χ3n) is 4.94. The van der Waals surface area contributed by atoms with E-state index in [1.807, 2.05) is 84.9 Å². The second-order valence-electron chi connectivity index (χ2n) is 6.68. The number of hydrogen-bond donors (Lipinski definition) is 0. The lowest BCUT2D eigenvalue weighted by Gasteiger charge is -2.15. The van der Waals surface area contributed by atoms with E-state index in [2.05, 4.69) is 0 Å². The normalized spacial score (nSPS) is 10.5. The van der Waals surface area contributed by atoms with Gasteiger partial charge in [0.1, 0.15) is 17.2 Å². The van der Waals surface area contributed by atoms with Gasteiger partial charge in [-0.3, -0.25) is 0 Å². The van der Waals surface area contributed by atoms with Crippen LogP contribution < -0.4 is 14.2 Å². The van der Waals surface area contributed by atoms with Crippen molar-refractivity contribution in [1.82, 2.24) is 0 Å². The SMILES string of the molecule is COc1cc(OC)c(-c2ccc(-c3ccccc3)[o+]c2-c2ccccc2)c(OC)c1. The third kappa shape index (κ3) is 3.72. The molecule has 4 nitrogen and oxygen atoms in total. The van der Waals surface area contributed by atoms with Crippen LogP contribution in [0.1, 0.15) is 0 Å². The van der Waals surface area contributed by atoms with Gasteiger partial charge in [0, 0.05) is 18.2 Å². The molecule has 0 radical (unpaired) electrons. The van der Waals surface area contributed by atoms with E-state index in [0.717, 1.165) is 33.8 Å². The van der Waals surface area contributed by atoms with E-state index in [-0.39, 0.29) is 0 Å². The minimum Gasteiger partial charge on any atom is -0.496 e. The van der Waals surface area contributed by atoms with Crippen molar-refractivity contribution >= 4 is 0 Å². The molecule has 150 valence electrons. The zero-order chi connectivity index (χ0) is 20.9. The number of methoxy groups -OCH3 is 3. The highest BCUT2D eigenvalue weighted by Gasteiger charge is 2.28. The Hall–Kier alpha value is -3.79. The average molecular weight is 399 g/mol. The molecular formula is C26H23O4+. The predicted octanol–water partition coefficient (Wildman–Crippen LogP) is 6.59. The van der Waals surface area contributed by atoms with Crippen molar-refractivity contribution in [2.75, 3.05) is 21.3 Å². The first kappa shape index (κ1) is 19.5. The molecule has 0 amide bonds. The molecule has 4 rings (SSSR count). The fraction of sp³-hybridized carbons (Fsp3) is 0.115. The summed E-state index contributed by atoms with van der Waals surface area (Å²) in [5.41, 5.74) is 3.65. The van der Waals surface area contributed by atoms with E-state index in [4.69, 9.17) is 18.6 Å². The Bertz CT molecular complexity index is 1110. The lowest BCUT2D eigenvalue weighted by atomic mass is 9.97. The van der Waals surface area contributed by atoms with Crippen LogP contribution in [0.4, 0.5) is 0 Å². The molecule has 4 aromatic rings. The molecule has 0 unspecified atom stereocenters. The van der Waals surface area contributed by atoms with Crippen LogP contribution >= 0.6 is 0 Å². The van der Waals surface area contributed by atoms with E-state index in [9.17, 15) is 0 Å². The van der Waals surface area contributed by atoms with E-state index < -0.39 is 0 Å². The van der Waals surface area contributed by atoms with Gasteiger partial charge in [0.25, 0.3) is 0 Å². The Kier molecular flexibility index (Phi) is 5.66. The fourth-order valence-electron chi connectivity index (χ4n) is 3.46. The summed E-state index contributed by atoms with van der Waals surface area (Å²) < 4.78 is 23.2. The summed E-state index contributed by atoms with van der Waals surface area (Å²) in [5.74, 6) is 3.46. The van der Waals surface area contributed by atoms with Gasteiger partial charge in [-0.2, -0.15) is 0 Å². The zero-order valence-corrected chi connectivity index (χ0v) is 17.2. The van der Waals surface area contributed by atoms with Crippen LogP contribution in [-0.2, 0) is 0 Å². The van der Waals surface area contributed by atoms with Crippen molar-refractivity contribution in [3.63, 3.8) is 0 Å². The first-order valence-corrected chi connectivity index (χ1v) is 9.63. The Morgan fingerprint density at radius 3 is 1.70 bits per heavy atom. The standard InChI is InChI=1S/C26H23O4/c1-27-20-16-23(28-2)25(24(17-20)29-3)21-14-15-22(18-10-6-4-7-11-18)30-26(21)19-12-8-5-9-13-19/h4-17H,1-3H3/q+1. The molecule has 0 saturated heterocycles. The highest BCUT2D eigenvalue weighted by atomic mass is 16.5. The molecular weight excluding hydrogens is 376 g/mol. The molecule has 0 aliphatic heterocycles. The average Bonchev–Trinajstić information content (AvgIpc) is 2.83. The lowest BCUT2D eigenvalue weighted by Crippen LogP contribution is -1.97. The predicted molar refractivity (Wildman–Crippen MR) is 119 cm³/mol. The summed E-state index contributed by atoms with van der Waals surface area (Å²) >= 11 is 0. The highest BCUT2D eigenvalue weighted by Crippen LogP contribution is 2.46. The molecule has 1 heterocycles. The summed E-state index contributed by atoms with van der Waals surface area (Å²) in [6.07, 6.45) is 0. The highest BCUT2D eigenvalue weighted by molar-refractivity contribution is 5.87. The van der Waals surface area contributed by atoms with Gasteiger partial charge in [0.15, 0.2) is 0 Å². The van der Waals surface area contributed by atoms with Gasteiger partial charge in [-0.25, -0.2) is 4.42 Å². The molecule has 1 aromatic heterocycles. The molecule has 3 aromatic carbocycles. The molecule has 0 atom stereocenters. The quantitative estimate of drug-likeness (QED) is 0.343. The van der Waals surface area contributed by atoms with Crippen LogP contribution in [0.5, 0.6) is 17.2 Å².